The lowest BCUT2D eigenvalue weighted by atomic mass is 10.1. The smallest absolute Gasteiger partial charge is 0.105 e. The largest absolute Gasteiger partial charge is 0.399 e. The lowest BCUT2D eigenvalue weighted by Gasteiger charge is -2.10. The Hall–Kier alpha value is -1.77. The van der Waals surface area contributed by atoms with Crippen molar-refractivity contribution in [1.29, 1.82) is 0 Å². The van der Waals surface area contributed by atoms with Gasteiger partial charge in [0, 0.05) is 24.6 Å². The molecule has 0 radical (unpaired) electrons. The zero-order valence-corrected chi connectivity index (χ0v) is 9.07. The van der Waals surface area contributed by atoms with Gasteiger partial charge in [0.25, 0.3) is 0 Å². The Labute approximate surface area is 89.6 Å². The van der Waals surface area contributed by atoms with Crippen molar-refractivity contribution in [3.8, 4) is 0 Å². The second kappa shape index (κ2) is 3.77. The van der Waals surface area contributed by atoms with E-state index in [1.165, 1.54) is 5.56 Å². The first kappa shape index (κ1) is 9.77. The van der Waals surface area contributed by atoms with Gasteiger partial charge in [0.15, 0.2) is 0 Å². The number of nitrogens with zero attached hydrogens (tertiary/aromatic N) is 2. The quantitative estimate of drug-likeness (QED) is 0.756. The summed E-state index contributed by atoms with van der Waals surface area (Å²) in [6.45, 7) is 4.89. The van der Waals surface area contributed by atoms with E-state index >= 15 is 0 Å². The van der Waals surface area contributed by atoms with Crippen LogP contribution in [0.25, 0.3) is 0 Å². The van der Waals surface area contributed by atoms with Crippen LogP contribution in [0.15, 0.2) is 30.6 Å². The number of hydrogen-bond acceptors (Lipinski definition) is 2. The number of aromatic nitrogens is 2. The number of aryl methyl sites for hydroxylation is 1. The van der Waals surface area contributed by atoms with Gasteiger partial charge in [0.05, 0.1) is 0 Å². The summed E-state index contributed by atoms with van der Waals surface area (Å²) < 4.78 is 2.11. The third-order valence-corrected chi connectivity index (χ3v) is 2.75. The maximum absolute atomic E-state index is 5.86. The van der Waals surface area contributed by atoms with Gasteiger partial charge in [-0.15, -0.1) is 0 Å². The molecule has 0 bridgehead atoms. The van der Waals surface area contributed by atoms with Crippen LogP contribution in [0.2, 0.25) is 0 Å². The lowest BCUT2D eigenvalue weighted by Crippen LogP contribution is -2.03. The van der Waals surface area contributed by atoms with Gasteiger partial charge in [-0.25, -0.2) is 4.98 Å². The molecule has 0 saturated carbocycles. The number of nitrogen functional groups attached to an aromatic ring is 1. The topological polar surface area (TPSA) is 43.8 Å². The highest BCUT2D eigenvalue weighted by atomic mass is 15.0. The minimum Gasteiger partial charge on any atom is -0.399 e. The first-order valence-corrected chi connectivity index (χ1v) is 5.00. The maximum Gasteiger partial charge on any atom is 0.105 e. The highest BCUT2D eigenvalue weighted by molar-refractivity contribution is 5.50. The molecule has 0 aliphatic carbocycles. The zero-order chi connectivity index (χ0) is 10.8. The average molecular weight is 201 g/mol. The summed E-state index contributed by atoms with van der Waals surface area (Å²) in [5.74, 6) is 1.02. The summed E-state index contributed by atoms with van der Waals surface area (Å²) >= 11 is 0. The van der Waals surface area contributed by atoms with Crippen molar-refractivity contribution < 1.29 is 0 Å². The maximum atomic E-state index is 5.86. The van der Waals surface area contributed by atoms with E-state index in [1.807, 2.05) is 31.5 Å². The van der Waals surface area contributed by atoms with E-state index < -0.39 is 0 Å². The molecule has 1 heterocycles. The summed E-state index contributed by atoms with van der Waals surface area (Å²) in [6, 6.07) is 6.02. The number of hydrogen-bond donors (Lipinski definition) is 1. The minimum atomic E-state index is 0.836. The van der Waals surface area contributed by atoms with Crippen LogP contribution in [0.4, 0.5) is 5.69 Å². The number of nitrogens with two attached hydrogens (primary N) is 1. The van der Waals surface area contributed by atoms with Gasteiger partial charge >= 0.3 is 0 Å². The van der Waals surface area contributed by atoms with Crippen LogP contribution in [-0.4, -0.2) is 9.55 Å². The summed E-state index contributed by atoms with van der Waals surface area (Å²) in [7, 11) is 0. The standard InChI is InChI=1S/C12H15N3/c1-9-11(4-3-5-12(9)13)8-15-7-6-14-10(15)2/h3-7H,8,13H2,1-2H3. The fourth-order valence-electron chi connectivity index (χ4n) is 1.63. The second-order valence-corrected chi connectivity index (χ2v) is 3.73. The van der Waals surface area contributed by atoms with E-state index in [0.29, 0.717) is 0 Å². The van der Waals surface area contributed by atoms with Gasteiger partial charge < -0.3 is 10.3 Å². The number of imidazole rings is 1. The molecule has 2 aromatic rings. The summed E-state index contributed by atoms with van der Waals surface area (Å²) in [6.07, 6.45) is 3.80. The van der Waals surface area contributed by atoms with Crippen LogP contribution < -0.4 is 5.73 Å². The van der Waals surface area contributed by atoms with Gasteiger partial charge in [-0.2, -0.15) is 0 Å². The lowest BCUT2D eigenvalue weighted by molar-refractivity contribution is 0.758. The van der Waals surface area contributed by atoms with Gasteiger partial charge in [0.2, 0.25) is 0 Å². The third kappa shape index (κ3) is 1.86. The summed E-state index contributed by atoms with van der Waals surface area (Å²) in [5, 5.41) is 0. The van der Waals surface area contributed by atoms with Gasteiger partial charge in [-0.1, -0.05) is 12.1 Å². The minimum absolute atomic E-state index is 0.836. The second-order valence-electron chi connectivity index (χ2n) is 3.73. The predicted octanol–water partition coefficient (Wildman–Crippen LogP) is 2.13. The zero-order valence-electron chi connectivity index (χ0n) is 9.07. The van der Waals surface area contributed by atoms with Gasteiger partial charge in [-0.05, 0) is 31.0 Å². The van der Waals surface area contributed by atoms with Crippen molar-refractivity contribution in [3.63, 3.8) is 0 Å². The molecule has 2 N–H and O–H groups in total. The summed E-state index contributed by atoms with van der Waals surface area (Å²) in [4.78, 5) is 4.20. The Balaban J connectivity index is 2.33. The third-order valence-electron chi connectivity index (χ3n) is 2.75. The molecule has 0 aliphatic heterocycles. The Morgan fingerprint density at radius 3 is 2.80 bits per heavy atom. The molecule has 1 aromatic heterocycles. The van der Waals surface area contributed by atoms with Crippen LogP contribution in [0.5, 0.6) is 0 Å². The molecule has 1 aromatic carbocycles. The fraction of sp³-hybridized carbons (Fsp3) is 0.250. The number of rotatable bonds is 2. The van der Waals surface area contributed by atoms with E-state index in [9.17, 15) is 0 Å². The first-order chi connectivity index (χ1) is 7.18. The Bertz CT molecular complexity index is 471. The van der Waals surface area contributed by atoms with Crippen LogP contribution in [0, 0.1) is 13.8 Å². The average Bonchev–Trinajstić information content (AvgIpc) is 2.60. The number of benzene rings is 1. The molecular weight excluding hydrogens is 186 g/mol. The molecule has 0 amide bonds. The normalized spacial score (nSPS) is 10.5. The molecule has 0 aliphatic rings. The Morgan fingerprint density at radius 1 is 1.33 bits per heavy atom. The van der Waals surface area contributed by atoms with Crippen LogP contribution in [-0.2, 0) is 6.54 Å². The van der Waals surface area contributed by atoms with Crippen LogP contribution in [0.1, 0.15) is 17.0 Å². The molecule has 3 nitrogen and oxygen atoms in total. The highest BCUT2D eigenvalue weighted by Gasteiger charge is 2.03. The van der Waals surface area contributed by atoms with Crippen LogP contribution >= 0.6 is 0 Å². The molecule has 0 fully saturated rings. The predicted molar refractivity (Wildman–Crippen MR) is 61.7 cm³/mol. The number of anilines is 1. The molecule has 15 heavy (non-hydrogen) atoms. The molecule has 3 heteroatoms. The van der Waals surface area contributed by atoms with Crippen molar-refractivity contribution in [3.05, 3.63) is 47.5 Å². The van der Waals surface area contributed by atoms with Crippen LogP contribution in [0.3, 0.4) is 0 Å². The van der Waals surface area contributed by atoms with E-state index in [0.717, 1.165) is 23.6 Å². The first-order valence-electron chi connectivity index (χ1n) is 5.00. The Kier molecular flexibility index (Phi) is 2.46. The van der Waals surface area contributed by atoms with E-state index in [1.54, 1.807) is 0 Å². The fourth-order valence-corrected chi connectivity index (χ4v) is 1.63. The molecule has 2 rings (SSSR count). The van der Waals surface area contributed by atoms with E-state index in [4.69, 9.17) is 5.73 Å². The van der Waals surface area contributed by atoms with Crippen molar-refractivity contribution in [2.24, 2.45) is 0 Å². The van der Waals surface area contributed by atoms with Gasteiger partial charge in [0.1, 0.15) is 5.82 Å². The molecule has 0 spiro atoms. The highest BCUT2D eigenvalue weighted by Crippen LogP contribution is 2.16. The molecule has 78 valence electrons. The van der Waals surface area contributed by atoms with Crippen molar-refractivity contribution in [2.75, 3.05) is 5.73 Å². The van der Waals surface area contributed by atoms with Crippen molar-refractivity contribution in [2.45, 2.75) is 20.4 Å². The molecule has 0 saturated heterocycles. The van der Waals surface area contributed by atoms with Gasteiger partial charge in [-0.3, -0.25) is 0 Å². The van der Waals surface area contributed by atoms with Crippen molar-refractivity contribution in [1.82, 2.24) is 9.55 Å². The van der Waals surface area contributed by atoms with E-state index in [-0.39, 0.29) is 0 Å². The molecule has 0 atom stereocenters. The van der Waals surface area contributed by atoms with Crippen molar-refractivity contribution >= 4 is 5.69 Å². The molecule has 0 unspecified atom stereocenters. The summed E-state index contributed by atoms with van der Waals surface area (Å²) in [5.41, 5.74) is 9.12. The molecular formula is C12H15N3. The Morgan fingerprint density at radius 2 is 2.13 bits per heavy atom. The monoisotopic (exact) mass is 201 g/mol. The van der Waals surface area contributed by atoms with E-state index in [2.05, 4.69) is 22.5 Å². The SMILES string of the molecule is Cc1c(N)cccc1Cn1ccnc1C.